The number of imidazole rings is 1. The molecule has 2 aliphatic rings. The van der Waals surface area contributed by atoms with Crippen LogP contribution in [0, 0.1) is 11.8 Å². The van der Waals surface area contributed by atoms with Gasteiger partial charge in [0.05, 0.1) is 16.7 Å². The number of nitrogens with zero attached hydrogens (tertiary/aromatic N) is 5. The van der Waals surface area contributed by atoms with Gasteiger partial charge >= 0.3 is 10.2 Å². The highest BCUT2D eigenvalue weighted by atomic mass is 32.2. The molecule has 0 bridgehead atoms. The number of hydrogen-bond acceptors (Lipinski definition) is 5. The summed E-state index contributed by atoms with van der Waals surface area (Å²) in [6, 6.07) is 9.41. The van der Waals surface area contributed by atoms with Gasteiger partial charge in [-0.3, -0.25) is 19.2 Å². The third-order valence-corrected chi connectivity index (χ3v) is 9.81. The molecule has 39 heavy (non-hydrogen) atoms. The Labute approximate surface area is 231 Å². The van der Waals surface area contributed by atoms with E-state index in [1.54, 1.807) is 24.1 Å². The second kappa shape index (κ2) is 10.9. The molecule has 0 radical (unpaired) electrons. The van der Waals surface area contributed by atoms with Crippen molar-refractivity contribution in [1.82, 2.24) is 18.5 Å². The van der Waals surface area contributed by atoms with Crippen LogP contribution in [0.15, 0.2) is 42.7 Å². The lowest BCUT2D eigenvalue weighted by molar-refractivity contribution is -0.121. The molecule has 2 saturated heterocycles. The first-order valence-electron chi connectivity index (χ1n) is 13.8. The summed E-state index contributed by atoms with van der Waals surface area (Å²) in [6.07, 6.45) is 6.55. The quantitative estimate of drug-likeness (QED) is 0.478. The summed E-state index contributed by atoms with van der Waals surface area (Å²) in [4.78, 5) is 17.6. The van der Waals surface area contributed by atoms with Gasteiger partial charge in [-0.05, 0) is 61.9 Å². The molecule has 1 aromatic carbocycles. The van der Waals surface area contributed by atoms with Crippen molar-refractivity contribution in [3.63, 3.8) is 0 Å². The minimum absolute atomic E-state index is 0.0898. The topological polar surface area (TPSA) is 102 Å². The predicted octanol–water partition coefficient (Wildman–Crippen LogP) is 3.73. The van der Waals surface area contributed by atoms with E-state index in [0.717, 1.165) is 49.5 Å². The van der Waals surface area contributed by atoms with Crippen molar-refractivity contribution >= 4 is 32.8 Å². The van der Waals surface area contributed by atoms with E-state index < -0.39 is 10.2 Å². The van der Waals surface area contributed by atoms with Gasteiger partial charge in [-0.2, -0.15) is 12.7 Å². The third kappa shape index (κ3) is 5.85. The van der Waals surface area contributed by atoms with E-state index in [0.29, 0.717) is 37.5 Å². The maximum atomic E-state index is 13.6. The van der Waals surface area contributed by atoms with Crippen LogP contribution in [0.4, 0.5) is 5.69 Å². The molecule has 0 atom stereocenters. The van der Waals surface area contributed by atoms with Crippen molar-refractivity contribution in [2.24, 2.45) is 11.8 Å². The van der Waals surface area contributed by atoms with E-state index in [2.05, 4.69) is 30.8 Å². The van der Waals surface area contributed by atoms with E-state index in [-0.39, 0.29) is 17.2 Å². The number of hydrogen-bond donors (Lipinski definition) is 1. The van der Waals surface area contributed by atoms with Crippen LogP contribution in [0.25, 0.3) is 11.0 Å². The van der Waals surface area contributed by atoms with Crippen molar-refractivity contribution in [1.29, 1.82) is 0 Å². The maximum Gasteiger partial charge on any atom is 0.303 e. The molecular formula is C28H40N6O4S. The highest BCUT2D eigenvalue weighted by Gasteiger charge is 2.34. The summed E-state index contributed by atoms with van der Waals surface area (Å²) in [6.45, 7) is 9.55. The molecule has 212 valence electrons. The maximum absolute atomic E-state index is 13.6. The van der Waals surface area contributed by atoms with E-state index in [9.17, 15) is 13.2 Å². The molecule has 0 aliphatic carbocycles. The standard InChI is InChI=1S/C28H40N6O4S/c1-28(2,3)27-29-24-19-23(7-8-25(24)34(27)20-21-11-17-38-18-12-21)31(4)39(36,37)33-15-9-22(10-16-33)26(35)30-32-13-5-6-14-32/h5-8,13-14,19,21-22H,9-12,15-18,20H2,1-4H3,(H,30,35). The number of amides is 1. The fourth-order valence-corrected chi connectivity index (χ4v) is 6.94. The smallest absolute Gasteiger partial charge is 0.303 e. The van der Waals surface area contributed by atoms with Gasteiger partial charge in [-0.1, -0.05) is 20.8 Å². The van der Waals surface area contributed by atoms with Crippen LogP contribution in [-0.2, 0) is 31.7 Å². The van der Waals surface area contributed by atoms with Gasteiger partial charge < -0.3 is 9.30 Å². The number of rotatable bonds is 7. The fraction of sp³-hybridized carbons (Fsp3) is 0.571. The van der Waals surface area contributed by atoms with Crippen molar-refractivity contribution < 1.29 is 17.9 Å². The van der Waals surface area contributed by atoms with Crippen LogP contribution in [-0.4, -0.2) is 66.2 Å². The van der Waals surface area contributed by atoms with Crippen molar-refractivity contribution in [2.75, 3.05) is 43.1 Å². The number of nitrogens with one attached hydrogen (secondary N) is 1. The van der Waals surface area contributed by atoms with Crippen molar-refractivity contribution in [2.45, 2.75) is 58.4 Å². The van der Waals surface area contributed by atoms with Gasteiger partial charge in [0.15, 0.2) is 0 Å². The Morgan fingerprint density at radius 3 is 2.41 bits per heavy atom. The molecule has 2 fully saturated rings. The van der Waals surface area contributed by atoms with Gasteiger partial charge in [0.25, 0.3) is 0 Å². The monoisotopic (exact) mass is 556 g/mol. The number of aromatic nitrogens is 3. The predicted molar refractivity (Wildman–Crippen MR) is 152 cm³/mol. The van der Waals surface area contributed by atoms with Crippen LogP contribution >= 0.6 is 0 Å². The first-order valence-corrected chi connectivity index (χ1v) is 15.2. The second-order valence-corrected chi connectivity index (χ2v) is 13.7. The Bertz CT molecular complexity index is 1400. The van der Waals surface area contributed by atoms with Crippen molar-refractivity contribution in [3.05, 3.63) is 48.5 Å². The number of fused-ring (bicyclic) bond motifs is 1. The highest BCUT2D eigenvalue weighted by Crippen LogP contribution is 2.32. The van der Waals surface area contributed by atoms with Crippen LogP contribution < -0.4 is 9.73 Å². The van der Waals surface area contributed by atoms with Gasteiger partial charge in [-0.15, -0.1) is 0 Å². The summed E-state index contributed by atoms with van der Waals surface area (Å²) in [5.74, 6) is 1.23. The molecule has 0 unspecified atom stereocenters. The number of carbonyl (C=O) groups excluding carboxylic acids is 1. The minimum atomic E-state index is -3.76. The van der Waals surface area contributed by atoms with Gasteiger partial charge in [-0.25, -0.2) is 4.98 Å². The summed E-state index contributed by atoms with van der Waals surface area (Å²) in [5.41, 5.74) is 5.08. The Balaban J connectivity index is 1.32. The molecule has 2 aliphatic heterocycles. The summed E-state index contributed by atoms with van der Waals surface area (Å²) < 4.78 is 39.4. The highest BCUT2D eigenvalue weighted by molar-refractivity contribution is 7.90. The average Bonchev–Trinajstić information content (AvgIpc) is 3.56. The van der Waals surface area contributed by atoms with E-state index in [4.69, 9.17) is 9.72 Å². The molecule has 10 nitrogen and oxygen atoms in total. The molecular weight excluding hydrogens is 516 g/mol. The number of ether oxygens (including phenoxy) is 1. The summed E-state index contributed by atoms with van der Waals surface area (Å²) in [7, 11) is -2.17. The Hall–Kier alpha value is -2.89. The molecule has 1 amide bonds. The third-order valence-electron chi connectivity index (χ3n) is 7.89. The van der Waals surface area contributed by atoms with Crippen LogP contribution in [0.2, 0.25) is 0 Å². The molecule has 11 heteroatoms. The Kier molecular flexibility index (Phi) is 7.76. The van der Waals surface area contributed by atoms with Crippen LogP contribution in [0.3, 0.4) is 0 Å². The second-order valence-electron chi connectivity index (χ2n) is 11.7. The minimum Gasteiger partial charge on any atom is -0.381 e. The number of anilines is 1. The van der Waals surface area contributed by atoms with Crippen LogP contribution in [0.5, 0.6) is 0 Å². The Morgan fingerprint density at radius 2 is 1.77 bits per heavy atom. The van der Waals surface area contributed by atoms with Gasteiger partial charge in [0.2, 0.25) is 5.91 Å². The lowest BCUT2D eigenvalue weighted by Crippen LogP contribution is -2.47. The van der Waals surface area contributed by atoms with Gasteiger partial charge in [0.1, 0.15) is 5.82 Å². The Morgan fingerprint density at radius 1 is 1.10 bits per heavy atom. The molecule has 0 saturated carbocycles. The van der Waals surface area contributed by atoms with E-state index in [1.807, 2.05) is 30.3 Å². The zero-order chi connectivity index (χ0) is 27.8. The number of carbonyl (C=O) groups is 1. The van der Waals surface area contributed by atoms with E-state index >= 15 is 0 Å². The fourth-order valence-electron chi connectivity index (χ4n) is 5.54. The zero-order valence-electron chi connectivity index (χ0n) is 23.3. The van der Waals surface area contributed by atoms with E-state index in [1.165, 1.54) is 8.61 Å². The lowest BCUT2D eigenvalue weighted by Gasteiger charge is -2.33. The average molecular weight is 557 g/mol. The molecule has 5 rings (SSSR count). The zero-order valence-corrected chi connectivity index (χ0v) is 24.2. The number of piperidine rings is 1. The summed E-state index contributed by atoms with van der Waals surface area (Å²) in [5, 5.41) is 0. The SMILES string of the molecule is CN(c1ccc2c(c1)nc(C(C)(C)C)n2CC1CCOCC1)S(=O)(=O)N1CCC(C(=O)Nn2cccc2)CC1. The number of benzene rings is 1. The van der Waals surface area contributed by atoms with Crippen LogP contribution in [0.1, 0.15) is 52.3 Å². The lowest BCUT2D eigenvalue weighted by atomic mass is 9.94. The normalized spacial score (nSPS) is 18.5. The molecule has 3 aromatic rings. The molecule has 0 spiro atoms. The molecule has 1 N–H and O–H groups in total. The molecule has 4 heterocycles. The molecule has 2 aromatic heterocycles. The first kappa shape index (κ1) is 27.7. The first-order chi connectivity index (χ1) is 18.5. The summed E-state index contributed by atoms with van der Waals surface area (Å²) >= 11 is 0. The van der Waals surface area contributed by atoms with Gasteiger partial charge in [0, 0.05) is 63.6 Å². The van der Waals surface area contributed by atoms with Crippen molar-refractivity contribution in [3.8, 4) is 0 Å². The largest absolute Gasteiger partial charge is 0.381 e.